The van der Waals surface area contributed by atoms with Gasteiger partial charge in [0.15, 0.2) is 5.65 Å². The number of aromatic nitrogens is 4. The van der Waals surface area contributed by atoms with Gasteiger partial charge < -0.3 is 15.3 Å². The molecule has 0 unspecified atom stereocenters. The summed E-state index contributed by atoms with van der Waals surface area (Å²) in [5.74, 6) is 0.724. The van der Waals surface area contributed by atoms with E-state index >= 15 is 0 Å². The molecule has 0 aliphatic carbocycles. The van der Waals surface area contributed by atoms with E-state index in [0.717, 1.165) is 29.4 Å². The molecule has 1 aromatic carbocycles. The van der Waals surface area contributed by atoms with E-state index in [9.17, 15) is 9.90 Å². The van der Waals surface area contributed by atoms with Gasteiger partial charge in [-0.3, -0.25) is 0 Å². The summed E-state index contributed by atoms with van der Waals surface area (Å²) in [7, 11) is 0. The van der Waals surface area contributed by atoms with Crippen LogP contribution >= 0.6 is 0 Å². The average molecular weight is 428 g/mol. The maximum absolute atomic E-state index is 11.6. The van der Waals surface area contributed by atoms with Gasteiger partial charge in [0, 0.05) is 30.5 Å². The Morgan fingerprint density at radius 2 is 2.06 bits per heavy atom. The summed E-state index contributed by atoms with van der Waals surface area (Å²) in [6.45, 7) is 5.04. The topological polar surface area (TPSA) is 95.7 Å². The van der Waals surface area contributed by atoms with Crippen LogP contribution in [0.2, 0.25) is 0 Å². The van der Waals surface area contributed by atoms with Crippen molar-refractivity contribution in [2.45, 2.75) is 32.7 Å². The van der Waals surface area contributed by atoms with Crippen molar-refractivity contribution >= 4 is 28.9 Å². The van der Waals surface area contributed by atoms with E-state index in [2.05, 4.69) is 27.2 Å². The van der Waals surface area contributed by atoms with Crippen LogP contribution < -0.4 is 10.2 Å². The molecule has 1 atom stereocenters. The highest BCUT2D eigenvalue weighted by Crippen LogP contribution is 2.30. The molecule has 0 amide bonds. The Kier molecular flexibility index (Phi) is 4.97. The first-order valence-electron chi connectivity index (χ1n) is 10.7. The number of pyridine rings is 1. The first-order valence-corrected chi connectivity index (χ1v) is 10.7. The van der Waals surface area contributed by atoms with E-state index < -0.39 is 5.97 Å². The molecule has 0 bridgehead atoms. The molecule has 0 spiro atoms. The summed E-state index contributed by atoms with van der Waals surface area (Å²) in [4.78, 5) is 23.2. The SMILES string of the molecule is Cc1c(C(=O)O)cccc1-c1cc(Nc2cccc(N3CCC[C@@H]3C)n2)c2nccn2n1. The molecule has 5 rings (SSSR count). The number of hydrogen-bond donors (Lipinski definition) is 2. The normalized spacial score (nSPS) is 15.9. The molecule has 8 heteroatoms. The highest BCUT2D eigenvalue weighted by Gasteiger charge is 2.22. The Balaban J connectivity index is 1.56. The lowest BCUT2D eigenvalue weighted by molar-refractivity contribution is 0.0696. The summed E-state index contributed by atoms with van der Waals surface area (Å²) in [5, 5.41) is 17.6. The number of anilines is 3. The van der Waals surface area contributed by atoms with Gasteiger partial charge in [0.25, 0.3) is 0 Å². The van der Waals surface area contributed by atoms with Gasteiger partial charge in [0.05, 0.1) is 16.9 Å². The Bertz CT molecular complexity index is 1320. The lowest BCUT2D eigenvalue weighted by atomic mass is 10.00. The Labute approximate surface area is 185 Å². The van der Waals surface area contributed by atoms with Crippen LogP contribution in [0.4, 0.5) is 17.3 Å². The predicted molar refractivity (Wildman–Crippen MR) is 124 cm³/mol. The third kappa shape index (κ3) is 3.53. The maximum atomic E-state index is 11.6. The third-order valence-electron chi connectivity index (χ3n) is 6.04. The molecule has 0 radical (unpaired) electrons. The number of carbonyl (C=O) groups is 1. The lowest BCUT2D eigenvalue weighted by Crippen LogP contribution is -2.27. The van der Waals surface area contributed by atoms with Crippen LogP contribution in [0.15, 0.2) is 54.9 Å². The molecule has 3 aromatic heterocycles. The number of imidazole rings is 1. The fourth-order valence-corrected chi connectivity index (χ4v) is 4.35. The number of carboxylic acids is 1. The standard InChI is InChI=1S/C24H24N6O2/c1-15-6-5-12-29(15)22-10-4-9-21(27-22)26-20-14-19(28-30-13-11-25-23(20)30)17-7-3-8-18(16(17)2)24(31)32/h3-4,7-11,13-15H,5-6,12H2,1-2H3,(H,26,27)(H,31,32)/t15-/m0/s1. The highest BCUT2D eigenvalue weighted by atomic mass is 16.4. The van der Waals surface area contributed by atoms with Crippen LogP contribution in [0, 0.1) is 6.92 Å². The average Bonchev–Trinajstić information content (AvgIpc) is 3.43. The fraction of sp³-hybridized carbons (Fsp3) is 0.250. The van der Waals surface area contributed by atoms with E-state index in [-0.39, 0.29) is 5.56 Å². The monoisotopic (exact) mass is 428 g/mol. The number of hydrogen-bond acceptors (Lipinski definition) is 6. The minimum Gasteiger partial charge on any atom is -0.478 e. The second-order valence-electron chi connectivity index (χ2n) is 8.11. The van der Waals surface area contributed by atoms with Crippen LogP contribution in [0.25, 0.3) is 16.9 Å². The van der Waals surface area contributed by atoms with Gasteiger partial charge in [-0.15, -0.1) is 0 Å². The van der Waals surface area contributed by atoms with E-state index in [0.29, 0.717) is 22.9 Å². The molecule has 4 aromatic rings. The van der Waals surface area contributed by atoms with Crippen molar-refractivity contribution in [2.75, 3.05) is 16.8 Å². The Morgan fingerprint density at radius 3 is 2.84 bits per heavy atom. The van der Waals surface area contributed by atoms with E-state index in [1.807, 2.05) is 30.3 Å². The Hall–Kier alpha value is -3.94. The largest absolute Gasteiger partial charge is 0.478 e. The zero-order valence-electron chi connectivity index (χ0n) is 18.0. The van der Waals surface area contributed by atoms with Gasteiger partial charge in [-0.1, -0.05) is 18.2 Å². The summed E-state index contributed by atoms with van der Waals surface area (Å²) in [6, 6.07) is 13.6. The quantitative estimate of drug-likeness (QED) is 0.482. The zero-order valence-corrected chi connectivity index (χ0v) is 18.0. The van der Waals surface area contributed by atoms with Crippen LogP contribution in [-0.4, -0.2) is 43.2 Å². The molecule has 0 saturated carbocycles. The lowest BCUT2D eigenvalue weighted by Gasteiger charge is -2.23. The number of aromatic carboxylic acids is 1. The summed E-state index contributed by atoms with van der Waals surface area (Å²) in [5.41, 5.74) is 3.76. The molecule has 8 nitrogen and oxygen atoms in total. The van der Waals surface area contributed by atoms with E-state index in [1.165, 1.54) is 12.8 Å². The predicted octanol–water partition coefficient (Wildman–Crippen LogP) is 4.53. The van der Waals surface area contributed by atoms with Crippen molar-refractivity contribution in [1.29, 1.82) is 0 Å². The van der Waals surface area contributed by atoms with Crippen molar-refractivity contribution in [1.82, 2.24) is 19.6 Å². The minimum absolute atomic E-state index is 0.263. The fourth-order valence-electron chi connectivity index (χ4n) is 4.35. The van der Waals surface area contributed by atoms with Gasteiger partial charge in [0.2, 0.25) is 0 Å². The van der Waals surface area contributed by atoms with Crippen molar-refractivity contribution in [2.24, 2.45) is 0 Å². The van der Waals surface area contributed by atoms with Gasteiger partial charge >= 0.3 is 5.97 Å². The molecule has 32 heavy (non-hydrogen) atoms. The molecule has 1 aliphatic rings. The second kappa shape index (κ2) is 7.96. The molecule has 4 heterocycles. The van der Waals surface area contributed by atoms with Crippen LogP contribution in [-0.2, 0) is 0 Å². The smallest absolute Gasteiger partial charge is 0.335 e. The van der Waals surface area contributed by atoms with Gasteiger partial charge in [-0.25, -0.2) is 19.3 Å². The molecule has 162 valence electrons. The summed E-state index contributed by atoms with van der Waals surface area (Å²) >= 11 is 0. The minimum atomic E-state index is -0.955. The molecule has 1 fully saturated rings. The van der Waals surface area contributed by atoms with Crippen LogP contribution in [0.3, 0.4) is 0 Å². The number of nitrogens with zero attached hydrogens (tertiary/aromatic N) is 5. The number of benzene rings is 1. The summed E-state index contributed by atoms with van der Waals surface area (Å²) in [6.07, 6.45) is 5.82. The molecular weight excluding hydrogens is 404 g/mol. The zero-order chi connectivity index (χ0) is 22.2. The Morgan fingerprint density at radius 1 is 1.22 bits per heavy atom. The number of nitrogens with one attached hydrogen (secondary N) is 1. The first kappa shape index (κ1) is 20.0. The number of rotatable bonds is 5. The second-order valence-corrected chi connectivity index (χ2v) is 8.11. The van der Waals surface area contributed by atoms with E-state index in [4.69, 9.17) is 4.98 Å². The van der Waals surface area contributed by atoms with Crippen molar-refractivity contribution < 1.29 is 9.90 Å². The number of fused-ring (bicyclic) bond motifs is 1. The van der Waals surface area contributed by atoms with Crippen molar-refractivity contribution in [3.63, 3.8) is 0 Å². The van der Waals surface area contributed by atoms with E-state index in [1.54, 1.807) is 36.0 Å². The van der Waals surface area contributed by atoms with Gasteiger partial charge in [-0.05, 0) is 56.5 Å². The number of carboxylic acid groups (broad SMARTS) is 1. The van der Waals surface area contributed by atoms with Crippen LogP contribution in [0.1, 0.15) is 35.7 Å². The first-order chi connectivity index (χ1) is 15.5. The maximum Gasteiger partial charge on any atom is 0.335 e. The molecule has 1 saturated heterocycles. The van der Waals surface area contributed by atoms with Crippen molar-refractivity contribution in [3.05, 3.63) is 66.0 Å². The highest BCUT2D eigenvalue weighted by molar-refractivity contribution is 5.92. The molecule has 1 aliphatic heterocycles. The summed E-state index contributed by atoms with van der Waals surface area (Å²) < 4.78 is 1.69. The molecule has 2 N–H and O–H groups in total. The van der Waals surface area contributed by atoms with Crippen molar-refractivity contribution in [3.8, 4) is 11.3 Å². The van der Waals surface area contributed by atoms with Gasteiger partial charge in [-0.2, -0.15) is 5.10 Å². The molecular formula is C24H24N6O2. The van der Waals surface area contributed by atoms with Gasteiger partial charge in [0.1, 0.15) is 11.6 Å². The van der Waals surface area contributed by atoms with Crippen LogP contribution in [0.5, 0.6) is 0 Å². The third-order valence-corrected chi connectivity index (χ3v) is 6.04.